The number of rotatable bonds is 7. The molecule has 1 aromatic carbocycles. The van der Waals surface area contributed by atoms with Crippen LogP contribution in [0.5, 0.6) is 0 Å². The molecule has 0 radical (unpaired) electrons. The van der Waals surface area contributed by atoms with Gasteiger partial charge >= 0.3 is 11.9 Å². The number of halogens is 1. The summed E-state index contributed by atoms with van der Waals surface area (Å²) in [5, 5.41) is 19.2. The Morgan fingerprint density at radius 3 is 2.39 bits per heavy atom. The van der Waals surface area contributed by atoms with E-state index in [0.717, 1.165) is 0 Å². The van der Waals surface area contributed by atoms with Gasteiger partial charge in [-0.3, -0.25) is 14.0 Å². The topological polar surface area (TPSA) is 134 Å². The van der Waals surface area contributed by atoms with Crippen LogP contribution in [0.4, 0.5) is 4.39 Å². The third kappa shape index (κ3) is 5.31. The number of aryl methyl sites for hydroxylation is 1. The van der Waals surface area contributed by atoms with Crippen molar-refractivity contribution in [1.82, 2.24) is 14.8 Å². The van der Waals surface area contributed by atoms with Gasteiger partial charge in [0.25, 0.3) is 0 Å². The fourth-order valence-electron chi connectivity index (χ4n) is 3.68. The summed E-state index contributed by atoms with van der Waals surface area (Å²) in [6.45, 7) is 4.19. The van der Waals surface area contributed by atoms with E-state index in [2.05, 4.69) is 4.98 Å². The number of aromatic nitrogens is 1. The van der Waals surface area contributed by atoms with Crippen molar-refractivity contribution >= 4 is 23.0 Å². The summed E-state index contributed by atoms with van der Waals surface area (Å²) in [5.74, 6) is -3.71. The maximum absolute atomic E-state index is 14.6. The molecular formula is C20H21FN3O6S-. The highest BCUT2D eigenvalue weighted by molar-refractivity contribution is 7.79. The molecule has 0 aliphatic carbocycles. The molecule has 1 atom stereocenters. The molecule has 1 aliphatic heterocycles. The molecule has 0 bridgehead atoms. The quantitative estimate of drug-likeness (QED) is 0.476. The zero-order valence-corrected chi connectivity index (χ0v) is 17.5. The van der Waals surface area contributed by atoms with Gasteiger partial charge in [0.1, 0.15) is 0 Å². The van der Waals surface area contributed by atoms with Gasteiger partial charge in [0.2, 0.25) is 5.95 Å². The van der Waals surface area contributed by atoms with Crippen LogP contribution < -0.4 is 0 Å². The predicted octanol–water partition coefficient (Wildman–Crippen LogP) is 1.55. The smallest absolute Gasteiger partial charge is 0.336 e. The van der Waals surface area contributed by atoms with E-state index in [0.29, 0.717) is 43.9 Å². The molecule has 1 fully saturated rings. The molecule has 11 heteroatoms. The fraction of sp³-hybridized carbons (Fsp3) is 0.350. The molecular weight excluding hydrogens is 429 g/mol. The summed E-state index contributed by atoms with van der Waals surface area (Å²) in [6, 6.07) is 4.06. The summed E-state index contributed by atoms with van der Waals surface area (Å²) in [7, 11) is 0. The zero-order chi connectivity index (χ0) is 22.7. The zero-order valence-electron chi connectivity index (χ0n) is 16.7. The molecule has 1 saturated heterocycles. The second-order valence-electron chi connectivity index (χ2n) is 7.30. The first kappa shape index (κ1) is 22.9. The van der Waals surface area contributed by atoms with Crippen LogP contribution >= 0.6 is 0 Å². The number of carboxylic acids is 2. The van der Waals surface area contributed by atoms with Crippen LogP contribution in [0.1, 0.15) is 31.8 Å². The molecule has 3 rings (SSSR count). The van der Waals surface area contributed by atoms with Crippen molar-refractivity contribution in [3.63, 3.8) is 0 Å². The summed E-state index contributed by atoms with van der Waals surface area (Å²) in [4.78, 5) is 31.1. The summed E-state index contributed by atoms with van der Waals surface area (Å²) >= 11 is -2.14. The van der Waals surface area contributed by atoms with E-state index >= 15 is 0 Å². The Morgan fingerprint density at radius 2 is 1.81 bits per heavy atom. The molecule has 1 aliphatic rings. The van der Waals surface area contributed by atoms with Crippen molar-refractivity contribution in [3.8, 4) is 11.1 Å². The molecule has 0 amide bonds. The second-order valence-corrected chi connectivity index (χ2v) is 8.16. The molecule has 2 N–H and O–H groups in total. The number of benzene rings is 1. The van der Waals surface area contributed by atoms with Gasteiger partial charge in [-0.15, -0.1) is 0 Å². The highest BCUT2D eigenvalue weighted by Gasteiger charge is 2.25. The van der Waals surface area contributed by atoms with Crippen LogP contribution in [0.2, 0.25) is 0 Å². The minimum absolute atomic E-state index is 0.0284. The van der Waals surface area contributed by atoms with Crippen LogP contribution in [-0.2, 0) is 17.6 Å². The second kappa shape index (κ2) is 9.60. The predicted molar refractivity (Wildman–Crippen MR) is 109 cm³/mol. The molecule has 9 nitrogen and oxygen atoms in total. The van der Waals surface area contributed by atoms with Gasteiger partial charge in [-0.2, -0.15) is 4.39 Å². The van der Waals surface area contributed by atoms with Crippen molar-refractivity contribution in [2.24, 2.45) is 0 Å². The number of carboxylic acid groups (broad SMARTS) is 2. The number of carbonyl (C=O) groups is 2. The highest BCUT2D eigenvalue weighted by atomic mass is 32.2. The summed E-state index contributed by atoms with van der Waals surface area (Å²) in [5.41, 5.74) is -0.0985. The molecule has 2 aromatic rings. The maximum atomic E-state index is 14.6. The molecule has 1 aromatic heterocycles. The number of hydrogen-bond acceptors (Lipinski definition) is 7. The van der Waals surface area contributed by atoms with Crippen LogP contribution in [0.25, 0.3) is 11.1 Å². The minimum atomic E-state index is -2.14. The SMILES string of the molecule is Cc1ccc(C(=O)O)c(-c2cc(CN3CCN(CS(=O)[O-])CC3)cnc2F)c1C(=O)O. The van der Waals surface area contributed by atoms with Crippen molar-refractivity contribution in [2.75, 3.05) is 32.1 Å². The van der Waals surface area contributed by atoms with Crippen molar-refractivity contribution in [1.29, 1.82) is 0 Å². The van der Waals surface area contributed by atoms with E-state index in [1.54, 1.807) is 4.90 Å². The first-order valence-corrected chi connectivity index (χ1v) is 10.7. The lowest BCUT2D eigenvalue weighted by Gasteiger charge is -2.34. The lowest BCUT2D eigenvalue weighted by atomic mass is 9.91. The van der Waals surface area contributed by atoms with Crippen molar-refractivity contribution < 1.29 is 33.0 Å². The maximum Gasteiger partial charge on any atom is 0.336 e. The van der Waals surface area contributed by atoms with Crippen molar-refractivity contribution in [2.45, 2.75) is 13.5 Å². The van der Waals surface area contributed by atoms with E-state index in [1.807, 2.05) is 4.90 Å². The lowest BCUT2D eigenvalue weighted by Crippen LogP contribution is -2.46. The Balaban J connectivity index is 1.93. The summed E-state index contributed by atoms with van der Waals surface area (Å²) in [6.07, 6.45) is 1.33. The monoisotopic (exact) mass is 450 g/mol. The van der Waals surface area contributed by atoms with Gasteiger partial charge < -0.3 is 14.8 Å². The van der Waals surface area contributed by atoms with Gasteiger partial charge in [-0.05, 0) is 41.3 Å². The Kier molecular flexibility index (Phi) is 7.11. The Labute approximate surface area is 180 Å². The minimum Gasteiger partial charge on any atom is -0.771 e. The van der Waals surface area contributed by atoms with E-state index in [9.17, 15) is 33.0 Å². The van der Waals surface area contributed by atoms with Crippen LogP contribution in [-0.4, -0.2) is 77.8 Å². The number of hydrogen-bond donors (Lipinski definition) is 2. The molecule has 166 valence electrons. The molecule has 0 saturated carbocycles. The Bertz CT molecular complexity index is 1040. The number of piperazine rings is 1. The van der Waals surface area contributed by atoms with Gasteiger partial charge in [-0.25, -0.2) is 14.6 Å². The van der Waals surface area contributed by atoms with Gasteiger partial charge in [0, 0.05) is 50.0 Å². The molecule has 31 heavy (non-hydrogen) atoms. The van der Waals surface area contributed by atoms with Crippen LogP contribution in [0, 0.1) is 12.9 Å². The number of aromatic carboxylic acids is 2. The third-order valence-electron chi connectivity index (χ3n) is 5.18. The average Bonchev–Trinajstić information content (AvgIpc) is 2.69. The largest absolute Gasteiger partial charge is 0.771 e. The van der Waals surface area contributed by atoms with Gasteiger partial charge in [0.05, 0.1) is 17.0 Å². The highest BCUT2D eigenvalue weighted by Crippen LogP contribution is 2.32. The number of nitrogens with zero attached hydrogens (tertiary/aromatic N) is 3. The standard InChI is InChI=1S/C20H22FN3O6S/c1-12-2-3-14(19(25)26)17(16(12)20(27)28)15-8-13(9-22-18(15)21)10-23-4-6-24(7-5-23)11-31(29)30/h2-3,8-9H,4-7,10-11H2,1H3,(H,25,26)(H,27,28)(H,29,30)/p-1. The summed E-state index contributed by atoms with van der Waals surface area (Å²) < 4.78 is 36.3. The Morgan fingerprint density at radius 1 is 1.16 bits per heavy atom. The van der Waals surface area contributed by atoms with E-state index < -0.39 is 29.0 Å². The molecule has 2 heterocycles. The van der Waals surface area contributed by atoms with E-state index in [4.69, 9.17) is 0 Å². The number of pyridine rings is 1. The lowest BCUT2D eigenvalue weighted by molar-refractivity contribution is 0.0695. The first-order chi connectivity index (χ1) is 14.7. The molecule has 0 spiro atoms. The van der Waals surface area contributed by atoms with Gasteiger partial charge in [-0.1, -0.05) is 6.07 Å². The Hall–Kier alpha value is -2.73. The third-order valence-corrected chi connectivity index (χ3v) is 5.76. The normalized spacial score (nSPS) is 16.2. The van der Waals surface area contributed by atoms with Gasteiger partial charge in [0.15, 0.2) is 0 Å². The average molecular weight is 450 g/mol. The van der Waals surface area contributed by atoms with Crippen LogP contribution in [0.3, 0.4) is 0 Å². The van der Waals surface area contributed by atoms with Crippen LogP contribution in [0.15, 0.2) is 24.4 Å². The van der Waals surface area contributed by atoms with E-state index in [1.165, 1.54) is 31.3 Å². The molecule has 1 unspecified atom stereocenters. The first-order valence-electron chi connectivity index (χ1n) is 9.43. The van der Waals surface area contributed by atoms with E-state index in [-0.39, 0.29) is 28.1 Å². The fourth-order valence-corrected chi connectivity index (χ4v) is 4.23. The van der Waals surface area contributed by atoms with Crippen molar-refractivity contribution in [3.05, 3.63) is 52.6 Å².